The van der Waals surface area contributed by atoms with Crippen LogP contribution in [0.4, 0.5) is 20.3 Å². The van der Waals surface area contributed by atoms with E-state index in [-0.39, 0.29) is 29.0 Å². The molecule has 1 aliphatic heterocycles. The molecule has 5 N–H and O–H groups in total. The molecule has 10 heteroatoms. The van der Waals surface area contributed by atoms with E-state index in [2.05, 4.69) is 43.4 Å². The van der Waals surface area contributed by atoms with Crippen molar-refractivity contribution in [1.82, 2.24) is 15.6 Å². The SMILES string of the molecule is C=N/C=C(/C(=O)NC(C)C)C(=Nc1ccc(F)c(C(C)(C)F)n1)Nc1ccc2c(c1)CCNC2.CN. The molecule has 8 nitrogen and oxygen atoms in total. The smallest absolute Gasteiger partial charge is 0.256 e. The summed E-state index contributed by atoms with van der Waals surface area (Å²) in [5, 5.41) is 9.31. The molecule has 2 aromatic rings. The number of hydrogen-bond acceptors (Lipinski definition) is 6. The van der Waals surface area contributed by atoms with E-state index in [4.69, 9.17) is 0 Å². The number of amidine groups is 1. The van der Waals surface area contributed by atoms with E-state index in [1.54, 1.807) is 0 Å². The van der Waals surface area contributed by atoms with Gasteiger partial charge in [0.2, 0.25) is 0 Å². The standard InChI is InChI=1S/C25H30F2N6O.CH5N/c1-15(2)30-24(34)19(14-28-5)23(31-18-7-6-17-13-29-11-10-16(17)12-18)33-21-9-8-20(26)22(32-21)25(3,4)27;1-2/h6-9,12,14-15,29H,5,10-11,13H2,1-4H3,(H,30,34)(H,31,32,33);2H2,1H3/b19-14+;. The van der Waals surface area contributed by atoms with Crippen molar-refractivity contribution in [3.63, 3.8) is 0 Å². The minimum atomic E-state index is -2.01. The van der Waals surface area contributed by atoms with Gasteiger partial charge in [0.25, 0.3) is 5.91 Å². The average molecular weight is 500 g/mol. The molecule has 194 valence electrons. The first kappa shape index (κ1) is 28.7. The van der Waals surface area contributed by atoms with Gasteiger partial charge >= 0.3 is 0 Å². The Bertz CT molecular complexity index is 1140. The van der Waals surface area contributed by atoms with Gasteiger partial charge in [-0.1, -0.05) is 6.07 Å². The van der Waals surface area contributed by atoms with Crippen molar-refractivity contribution in [3.8, 4) is 0 Å². The van der Waals surface area contributed by atoms with Gasteiger partial charge in [-0.05, 0) is 89.8 Å². The second-order valence-electron chi connectivity index (χ2n) is 8.82. The number of fused-ring (bicyclic) bond motifs is 1. The summed E-state index contributed by atoms with van der Waals surface area (Å²) < 4.78 is 28.7. The number of nitrogens with zero attached hydrogens (tertiary/aromatic N) is 3. The third kappa shape index (κ3) is 7.76. The van der Waals surface area contributed by atoms with Crippen LogP contribution in [0.15, 0.2) is 52.1 Å². The molecule has 0 saturated heterocycles. The number of aliphatic imine (C=N–C) groups is 2. The van der Waals surface area contributed by atoms with Gasteiger partial charge in [-0.3, -0.25) is 9.79 Å². The third-order valence-corrected chi connectivity index (χ3v) is 5.12. The normalized spacial score (nSPS) is 13.9. The van der Waals surface area contributed by atoms with Crippen molar-refractivity contribution < 1.29 is 13.6 Å². The van der Waals surface area contributed by atoms with E-state index in [1.165, 1.54) is 44.3 Å². The fourth-order valence-electron chi connectivity index (χ4n) is 3.53. The van der Waals surface area contributed by atoms with Crippen LogP contribution in [0, 0.1) is 5.82 Å². The summed E-state index contributed by atoms with van der Waals surface area (Å²) in [4.78, 5) is 25.2. The zero-order valence-corrected chi connectivity index (χ0v) is 21.5. The molecule has 0 radical (unpaired) electrons. The number of amides is 1. The van der Waals surface area contributed by atoms with Gasteiger partial charge in [0.15, 0.2) is 5.82 Å². The molecular formula is C26H35F2N7O. The second kappa shape index (κ2) is 13.0. The maximum atomic E-state index is 14.5. The number of nitrogens with two attached hydrogens (primary N) is 1. The molecule has 1 aromatic carbocycles. The number of nitrogens with one attached hydrogen (secondary N) is 3. The quantitative estimate of drug-likeness (QED) is 0.262. The molecule has 0 saturated carbocycles. The monoisotopic (exact) mass is 499 g/mol. The number of benzene rings is 1. The van der Waals surface area contributed by atoms with Gasteiger partial charge < -0.3 is 21.7 Å². The maximum absolute atomic E-state index is 14.5. The Morgan fingerprint density at radius 3 is 2.61 bits per heavy atom. The van der Waals surface area contributed by atoms with Crippen LogP contribution < -0.4 is 21.7 Å². The lowest BCUT2D eigenvalue weighted by Crippen LogP contribution is -2.35. The first-order valence-electron chi connectivity index (χ1n) is 11.7. The molecule has 0 spiro atoms. The van der Waals surface area contributed by atoms with Crippen LogP contribution in [0.1, 0.15) is 44.5 Å². The van der Waals surface area contributed by atoms with Gasteiger partial charge in [0.1, 0.15) is 28.6 Å². The minimum absolute atomic E-state index is 0.0408. The summed E-state index contributed by atoms with van der Waals surface area (Å²) in [6.45, 7) is 11.2. The van der Waals surface area contributed by atoms with Crippen molar-refractivity contribution >= 4 is 30.0 Å². The highest BCUT2D eigenvalue weighted by Gasteiger charge is 2.26. The largest absolute Gasteiger partial charge is 0.350 e. The van der Waals surface area contributed by atoms with Gasteiger partial charge in [-0.2, -0.15) is 0 Å². The maximum Gasteiger partial charge on any atom is 0.256 e. The number of carbonyl (C=O) groups is 1. The van der Waals surface area contributed by atoms with Crippen LogP contribution in [0.2, 0.25) is 0 Å². The van der Waals surface area contributed by atoms with Crippen LogP contribution in [-0.4, -0.2) is 43.1 Å². The Kier molecular flexibility index (Phi) is 10.4. The Labute approximate surface area is 211 Å². The molecule has 2 heterocycles. The molecule has 1 aliphatic rings. The highest BCUT2D eigenvalue weighted by Crippen LogP contribution is 2.28. The molecule has 1 aromatic heterocycles. The Morgan fingerprint density at radius 1 is 1.25 bits per heavy atom. The van der Waals surface area contributed by atoms with Crippen LogP contribution in [0.5, 0.6) is 0 Å². The topological polar surface area (TPSA) is 117 Å². The number of anilines is 1. The van der Waals surface area contributed by atoms with E-state index in [1.807, 2.05) is 32.0 Å². The first-order chi connectivity index (χ1) is 17.1. The number of aromatic nitrogens is 1. The molecule has 0 aliphatic carbocycles. The van der Waals surface area contributed by atoms with E-state index >= 15 is 0 Å². The van der Waals surface area contributed by atoms with Gasteiger partial charge in [0.05, 0.1) is 0 Å². The van der Waals surface area contributed by atoms with E-state index in [0.717, 1.165) is 25.6 Å². The molecule has 0 unspecified atom stereocenters. The lowest BCUT2D eigenvalue weighted by atomic mass is 10.0. The third-order valence-electron chi connectivity index (χ3n) is 5.12. The summed E-state index contributed by atoms with van der Waals surface area (Å²) in [6.07, 6.45) is 2.16. The van der Waals surface area contributed by atoms with Gasteiger partial charge in [-0.25, -0.2) is 18.8 Å². The van der Waals surface area contributed by atoms with Crippen LogP contribution >= 0.6 is 0 Å². The second-order valence-corrected chi connectivity index (χ2v) is 8.82. The molecule has 1 amide bonds. The fraction of sp³-hybridized carbons (Fsp3) is 0.385. The van der Waals surface area contributed by atoms with Crippen molar-refractivity contribution in [2.75, 3.05) is 18.9 Å². The molecule has 0 atom stereocenters. The van der Waals surface area contributed by atoms with E-state index < -0.39 is 17.4 Å². The highest BCUT2D eigenvalue weighted by atomic mass is 19.1. The summed E-state index contributed by atoms with van der Waals surface area (Å²) >= 11 is 0. The van der Waals surface area contributed by atoms with Crippen molar-refractivity contribution in [1.29, 1.82) is 0 Å². The van der Waals surface area contributed by atoms with Crippen LogP contribution in [0.3, 0.4) is 0 Å². The zero-order valence-electron chi connectivity index (χ0n) is 21.5. The molecule has 0 fully saturated rings. The van der Waals surface area contributed by atoms with Crippen LogP contribution in [-0.2, 0) is 23.4 Å². The number of hydrogen-bond donors (Lipinski definition) is 4. The zero-order chi connectivity index (χ0) is 26.9. The van der Waals surface area contributed by atoms with Crippen LogP contribution in [0.25, 0.3) is 0 Å². The number of pyridine rings is 1. The molecular weight excluding hydrogens is 464 g/mol. The molecule has 3 rings (SSSR count). The van der Waals surface area contributed by atoms with Crippen molar-refractivity contribution in [3.05, 3.63) is 64.7 Å². The number of alkyl halides is 1. The average Bonchev–Trinajstić information content (AvgIpc) is 2.83. The molecule has 36 heavy (non-hydrogen) atoms. The first-order valence-corrected chi connectivity index (χ1v) is 11.7. The Morgan fingerprint density at radius 2 is 1.97 bits per heavy atom. The number of halogens is 2. The summed E-state index contributed by atoms with van der Waals surface area (Å²) in [5.74, 6) is -1.03. The predicted molar refractivity (Wildman–Crippen MR) is 142 cm³/mol. The Balaban J connectivity index is 0.00000222. The summed E-state index contributed by atoms with van der Waals surface area (Å²) in [6, 6.07) is 8.18. The highest BCUT2D eigenvalue weighted by molar-refractivity contribution is 6.25. The summed E-state index contributed by atoms with van der Waals surface area (Å²) in [5.41, 5.74) is 5.32. The molecule has 0 bridgehead atoms. The Hall–Kier alpha value is -3.50. The lowest BCUT2D eigenvalue weighted by molar-refractivity contribution is -0.117. The summed E-state index contributed by atoms with van der Waals surface area (Å²) in [7, 11) is 1.50. The predicted octanol–water partition coefficient (Wildman–Crippen LogP) is 3.90. The minimum Gasteiger partial charge on any atom is -0.350 e. The van der Waals surface area contributed by atoms with E-state index in [9.17, 15) is 13.6 Å². The number of carbonyl (C=O) groups excluding carboxylic acids is 1. The van der Waals surface area contributed by atoms with Gasteiger partial charge in [0, 0.05) is 24.5 Å². The lowest BCUT2D eigenvalue weighted by Gasteiger charge is -2.20. The van der Waals surface area contributed by atoms with Crippen molar-refractivity contribution in [2.24, 2.45) is 15.7 Å². The van der Waals surface area contributed by atoms with Crippen molar-refractivity contribution in [2.45, 2.75) is 52.4 Å². The van der Waals surface area contributed by atoms with E-state index in [0.29, 0.717) is 5.69 Å². The number of rotatable bonds is 7. The fourth-order valence-corrected chi connectivity index (χ4v) is 3.53. The van der Waals surface area contributed by atoms with Gasteiger partial charge in [-0.15, -0.1) is 0 Å².